The van der Waals surface area contributed by atoms with E-state index in [1.807, 2.05) is 13.8 Å². The quantitative estimate of drug-likeness (QED) is 0.811. The van der Waals surface area contributed by atoms with Gasteiger partial charge < -0.3 is 5.11 Å². The van der Waals surface area contributed by atoms with Gasteiger partial charge in [-0.1, -0.05) is 20.3 Å². The minimum Gasteiger partial charge on any atom is -0.391 e. The summed E-state index contributed by atoms with van der Waals surface area (Å²) in [5, 5.41) is 8.93. The van der Waals surface area contributed by atoms with Crippen LogP contribution in [0.25, 0.3) is 0 Å². The van der Waals surface area contributed by atoms with Gasteiger partial charge >= 0.3 is 0 Å². The second kappa shape index (κ2) is 7.29. The highest BCUT2D eigenvalue weighted by atomic mass is 32.2. The van der Waals surface area contributed by atoms with Crippen molar-refractivity contribution in [2.75, 3.05) is 0 Å². The van der Waals surface area contributed by atoms with Gasteiger partial charge in [0.15, 0.2) is 5.82 Å². The molecule has 1 aromatic rings. The van der Waals surface area contributed by atoms with Crippen LogP contribution < -0.4 is 4.72 Å². The highest BCUT2D eigenvalue weighted by Gasteiger charge is 2.25. The zero-order chi connectivity index (χ0) is 16.2. The summed E-state index contributed by atoms with van der Waals surface area (Å²) in [6, 6.07) is 1.33. The maximum absolute atomic E-state index is 14.0. The Balaban J connectivity index is 3.04. The average Bonchev–Trinajstić information content (AvgIpc) is 2.37. The molecular weight excluding hydrogens is 300 g/mol. The Morgan fingerprint density at radius 3 is 2.43 bits per heavy atom. The Hall–Kier alpha value is -1.05. The van der Waals surface area contributed by atoms with E-state index in [4.69, 9.17) is 5.11 Å². The van der Waals surface area contributed by atoms with Crippen LogP contribution in [0.15, 0.2) is 17.0 Å². The Labute approximate surface area is 124 Å². The van der Waals surface area contributed by atoms with Crippen molar-refractivity contribution in [3.8, 4) is 0 Å². The highest BCUT2D eigenvalue weighted by Crippen LogP contribution is 2.22. The molecule has 2 unspecified atom stereocenters. The molecule has 7 heteroatoms. The van der Waals surface area contributed by atoms with E-state index in [1.165, 1.54) is 0 Å². The van der Waals surface area contributed by atoms with Crippen molar-refractivity contribution < 1.29 is 22.3 Å². The van der Waals surface area contributed by atoms with Crippen LogP contribution in [-0.4, -0.2) is 19.6 Å². The lowest BCUT2D eigenvalue weighted by atomic mass is 10.0. The summed E-state index contributed by atoms with van der Waals surface area (Å²) in [5.74, 6) is -1.89. The fourth-order valence-electron chi connectivity index (χ4n) is 2.08. The number of aliphatic hydroxyl groups excluding tert-OH is 1. The van der Waals surface area contributed by atoms with Crippen LogP contribution in [0.1, 0.15) is 39.2 Å². The van der Waals surface area contributed by atoms with Crippen LogP contribution in [0.4, 0.5) is 8.78 Å². The van der Waals surface area contributed by atoms with Gasteiger partial charge in [0.2, 0.25) is 10.0 Å². The summed E-state index contributed by atoms with van der Waals surface area (Å²) in [5.41, 5.74) is -0.646. The van der Waals surface area contributed by atoms with Crippen molar-refractivity contribution in [3.05, 3.63) is 29.3 Å². The summed E-state index contributed by atoms with van der Waals surface area (Å²) in [7, 11) is -4.10. The number of nitrogens with one attached hydrogen (secondary N) is 1. The van der Waals surface area contributed by atoms with Crippen LogP contribution in [0.2, 0.25) is 0 Å². The van der Waals surface area contributed by atoms with Crippen LogP contribution in [0.5, 0.6) is 0 Å². The molecule has 0 bridgehead atoms. The van der Waals surface area contributed by atoms with Gasteiger partial charge in [0.05, 0.1) is 12.2 Å². The molecule has 0 saturated heterocycles. The summed E-state index contributed by atoms with van der Waals surface area (Å²) in [6.07, 6.45) is 1.52. The number of halogens is 2. The van der Waals surface area contributed by atoms with Gasteiger partial charge in [-0.3, -0.25) is 0 Å². The number of aliphatic hydroxyl groups is 1. The molecule has 0 fully saturated rings. The lowest BCUT2D eigenvalue weighted by molar-refractivity contribution is 0.267. The molecule has 0 aromatic heterocycles. The van der Waals surface area contributed by atoms with E-state index in [0.29, 0.717) is 12.3 Å². The van der Waals surface area contributed by atoms with Gasteiger partial charge in [0.1, 0.15) is 10.7 Å². The van der Waals surface area contributed by atoms with Crippen molar-refractivity contribution in [1.29, 1.82) is 0 Å². The third kappa shape index (κ3) is 4.46. The topological polar surface area (TPSA) is 66.4 Å². The molecule has 0 radical (unpaired) electrons. The maximum Gasteiger partial charge on any atom is 0.243 e. The number of sulfonamides is 1. The first-order chi connectivity index (χ1) is 9.72. The fraction of sp³-hybridized carbons (Fsp3) is 0.571. The maximum atomic E-state index is 14.0. The first-order valence-electron chi connectivity index (χ1n) is 6.83. The van der Waals surface area contributed by atoms with Gasteiger partial charge in [-0.15, -0.1) is 0 Å². The molecule has 0 aliphatic rings. The molecule has 4 nitrogen and oxygen atoms in total. The van der Waals surface area contributed by atoms with E-state index < -0.39 is 38.7 Å². The molecular formula is C14H21F2NO3S. The SMILES string of the molecule is CCC(C)CC(C)NS(=O)(=O)c1ccc(F)c(CO)c1F. The lowest BCUT2D eigenvalue weighted by Crippen LogP contribution is -2.34. The van der Waals surface area contributed by atoms with Crippen molar-refractivity contribution in [1.82, 2.24) is 4.72 Å². The molecule has 1 rings (SSSR count). The Morgan fingerprint density at radius 1 is 1.29 bits per heavy atom. The van der Waals surface area contributed by atoms with Crippen molar-refractivity contribution >= 4 is 10.0 Å². The third-order valence-electron chi connectivity index (χ3n) is 3.41. The minimum atomic E-state index is -4.10. The van der Waals surface area contributed by atoms with E-state index in [1.54, 1.807) is 6.92 Å². The molecule has 0 spiro atoms. The second-order valence-electron chi connectivity index (χ2n) is 5.27. The molecule has 1 aromatic carbocycles. The number of hydrogen-bond donors (Lipinski definition) is 2. The molecule has 0 aliphatic heterocycles. The largest absolute Gasteiger partial charge is 0.391 e. The van der Waals surface area contributed by atoms with Crippen LogP contribution in [0, 0.1) is 17.6 Å². The Morgan fingerprint density at radius 2 is 1.90 bits per heavy atom. The van der Waals surface area contributed by atoms with E-state index in [-0.39, 0.29) is 6.04 Å². The van der Waals surface area contributed by atoms with Crippen LogP contribution >= 0.6 is 0 Å². The number of benzene rings is 1. The molecule has 0 heterocycles. The van der Waals surface area contributed by atoms with Gasteiger partial charge in [-0.05, 0) is 31.4 Å². The van der Waals surface area contributed by atoms with Crippen molar-refractivity contribution in [2.24, 2.45) is 5.92 Å². The summed E-state index contributed by atoms with van der Waals surface area (Å²) in [6.45, 7) is 4.79. The molecule has 0 amide bonds. The normalized spacial score (nSPS) is 15.0. The van der Waals surface area contributed by atoms with E-state index in [2.05, 4.69) is 4.72 Å². The predicted molar refractivity (Wildman–Crippen MR) is 76.1 cm³/mol. The zero-order valence-corrected chi connectivity index (χ0v) is 13.2. The van der Waals surface area contributed by atoms with Crippen molar-refractivity contribution in [2.45, 2.75) is 51.2 Å². The third-order valence-corrected chi connectivity index (χ3v) is 5.01. The smallest absolute Gasteiger partial charge is 0.243 e. The number of hydrogen-bond acceptors (Lipinski definition) is 3. The summed E-state index contributed by atoms with van der Waals surface area (Å²) < 4.78 is 54.0. The fourth-order valence-corrected chi connectivity index (χ4v) is 3.43. The van der Waals surface area contributed by atoms with E-state index in [9.17, 15) is 17.2 Å². The zero-order valence-electron chi connectivity index (χ0n) is 12.4. The van der Waals surface area contributed by atoms with Gasteiger partial charge in [0.25, 0.3) is 0 Å². The molecule has 2 atom stereocenters. The van der Waals surface area contributed by atoms with Gasteiger partial charge in [-0.2, -0.15) is 0 Å². The monoisotopic (exact) mass is 321 g/mol. The lowest BCUT2D eigenvalue weighted by Gasteiger charge is -2.18. The van der Waals surface area contributed by atoms with Crippen LogP contribution in [0.3, 0.4) is 0 Å². The predicted octanol–water partition coefficient (Wildman–Crippen LogP) is 2.56. The second-order valence-corrected chi connectivity index (χ2v) is 6.95. The highest BCUT2D eigenvalue weighted by molar-refractivity contribution is 7.89. The first-order valence-corrected chi connectivity index (χ1v) is 8.31. The Bertz CT molecular complexity index is 590. The van der Waals surface area contributed by atoms with Gasteiger partial charge in [-0.25, -0.2) is 21.9 Å². The Kier molecular flexibility index (Phi) is 6.24. The molecule has 2 N–H and O–H groups in total. The van der Waals surface area contributed by atoms with E-state index in [0.717, 1.165) is 18.6 Å². The minimum absolute atomic E-state index is 0.328. The average molecular weight is 321 g/mol. The van der Waals surface area contributed by atoms with Crippen molar-refractivity contribution in [3.63, 3.8) is 0 Å². The molecule has 21 heavy (non-hydrogen) atoms. The molecule has 0 aliphatic carbocycles. The summed E-state index contributed by atoms with van der Waals surface area (Å²) >= 11 is 0. The first kappa shape index (κ1) is 18.0. The van der Waals surface area contributed by atoms with Crippen LogP contribution in [-0.2, 0) is 16.6 Å². The molecule has 0 saturated carbocycles. The standard InChI is InChI=1S/C14H21F2NO3S/c1-4-9(2)7-10(3)17-21(19,20)13-6-5-12(15)11(8-18)14(13)16/h5-6,9-10,17-18H,4,7-8H2,1-3H3. The summed E-state index contributed by atoms with van der Waals surface area (Å²) in [4.78, 5) is -0.649. The van der Waals surface area contributed by atoms with E-state index >= 15 is 0 Å². The number of rotatable bonds is 7. The van der Waals surface area contributed by atoms with Gasteiger partial charge in [0, 0.05) is 6.04 Å². The molecule has 120 valence electrons.